The van der Waals surface area contributed by atoms with Gasteiger partial charge in [0.1, 0.15) is 0 Å². The van der Waals surface area contributed by atoms with E-state index >= 15 is 0 Å². The number of carbonyl (C=O) groups excluding carboxylic acids is 2. The lowest BCUT2D eigenvalue weighted by Crippen LogP contribution is -2.44. The van der Waals surface area contributed by atoms with Crippen LogP contribution in [0.2, 0.25) is 0 Å². The number of amides is 2. The Labute approximate surface area is 147 Å². The summed E-state index contributed by atoms with van der Waals surface area (Å²) in [5.74, 6) is 0.795. The van der Waals surface area contributed by atoms with E-state index in [0.29, 0.717) is 24.6 Å². The van der Waals surface area contributed by atoms with E-state index in [-0.39, 0.29) is 17.7 Å². The summed E-state index contributed by atoms with van der Waals surface area (Å²) >= 11 is 3.38. The van der Waals surface area contributed by atoms with Gasteiger partial charge in [-0.1, -0.05) is 29.8 Å². The number of likely N-dealkylation sites (tertiary alicyclic amines) is 1. The summed E-state index contributed by atoms with van der Waals surface area (Å²) in [7, 11) is 1.88. The normalized spacial score (nSPS) is 15.8. The van der Waals surface area contributed by atoms with Crippen LogP contribution in [0.4, 0.5) is 0 Å². The van der Waals surface area contributed by atoms with Crippen LogP contribution in [0.5, 0.6) is 0 Å². The molecule has 126 valence electrons. The first-order valence-corrected chi connectivity index (χ1v) is 8.97. The average Bonchev–Trinajstić information content (AvgIpc) is 2.53. The summed E-state index contributed by atoms with van der Waals surface area (Å²) in [5.41, 5.74) is 0.704. The maximum atomic E-state index is 12.5. The van der Waals surface area contributed by atoms with Crippen LogP contribution in [0, 0.1) is 11.8 Å². The lowest BCUT2D eigenvalue weighted by atomic mass is 9.94. The molecule has 0 bridgehead atoms. The zero-order chi connectivity index (χ0) is 17.0. The zero-order valence-electron chi connectivity index (χ0n) is 14.1. The third kappa shape index (κ3) is 4.80. The van der Waals surface area contributed by atoms with Crippen LogP contribution in [-0.4, -0.2) is 48.3 Å². The molecule has 0 aromatic heterocycles. The van der Waals surface area contributed by atoms with Gasteiger partial charge in [0, 0.05) is 42.6 Å². The molecule has 23 heavy (non-hydrogen) atoms. The number of benzene rings is 1. The Balaban J connectivity index is 1.89. The monoisotopic (exact) mass is 380 g/mol. The molecule has 0 radical (unpaired) electrons. The molecule has 2 rings (SSSR count). The van der Waals surface area contributed by atoms with E-state index in [1.807, 2.05) is 41.1 Å². The largest absolute Gasteiger partial charge is 0.345 e. The van der Waals surface area contributed by atoms with Crippen molar-refractivity contribution in [3.63, 3.8) is 0 Å². The molecule has 0 saturated carbocycles. The van der Waals surface area contributed by atoms with Crippen molar-refractivity contribution in [3.8, 4) is 0 Å². The van der Waals surface area contributed by atoms with Crippen LogP contribution in [0.15, 0.2) is 28.7 Å². The van der Waals surface area contributed by atoms with Gasteiger partial charge in [0.25, 0.3) is 5.91 Å². The molecule has 0 aliphatic carbocycles. The predicted molar refractivity (Wildman–Crippen MR) is 95.2 cm³/mol. The molecule has 4 nitrogen and oxygen atoms in total. The van der Waals surface area contributed by atoms with Gasteiger partial charge in [-0.15, -0.1) is 0 Å². The first-order valence-electron chi connectivity index (χ1n) is 8.18. The molecule has 1 aromatic carbocycles. The first-order chi connectivity index (χ1) is 10.9. The Kier molecular flexibility index (Phi) is 6.22. The minimum Gasteiger partial charge on any atom is -0.345 e. The highest BCUT2D eigenvalue weighted by Gasteiger charge is 2.29. The molecular weight excluding hydrogens is 356 g/mol. The Morgan fingerprint density at radius 2 is 1.78 bits per heavy atom. The number of rotatable bonds is 4. The van der Waals surface area contributed by atoms with Gasteiger partial charge in [-0.05, 0) is 43.0 Å². The van der Waals surface area contributed by atoms with Gasteiger partial charge in [0.05, 0.1) is 0 Å². The SMILES string of the molecule is CC(C)CN(C)C(=O)C1CCN(C(=O)c2ccc(Br)cc2)CC1. The predicted octanol–water partition coefficient (Wildman–Crippen LogP) is 3.42. The molecule has 0 spiro atoms. The van der Waals surface area contributed by atoms with Gasteiger partial charge in [0.2, 0.25) is 5.91 Å². The smallest absolute Gasteiger partial charge is 0.253 e. The second kappa shape index (κ2) is 7.95. The van der Waals surface area contributed by atoms with Crippen molar-refractivity contribution >= 4 is 27.7 Å². The van der Waals surface area contributed by atoms with Gasteiger partial charge in [0.15, 0.2) is 0 Å². The lowest BCUT2D eigenvalue weighted by molar-refractivity contribution is -0.136. The average molecular weight is 381 g/mol. The van der Waals surface area contributed by atoms with Crippen LogP contribution >= 0.6 is 15.9 Å². The van der Waals surface area contributed by atoms with Crippen molar-refractivity contribution in [1.29, 1.82) is 0 Å². The molecule has 1 heterocycles. The maximum absolute atomic E-state index is 12.5. The molecule has 0 N–H and O–H groups in total. The highest BCUT2D eigenvalue weighted by atomic mass is 79.9. The summed E-state index contributed by atoms with van der Waals surface area (Å²) < 4.78 is 0.964. The van der Waals surface area contributed by atoms with Gasteiger partial charge in [-0.3, -0.25) is 9.59 Å². The molecular formula is C18H25BrN2O2. The van der Waals surface area contributed by atoms with Crippen LogP contribution in [0.25, 0.3) is 0 Å². The lowest BCUT2D eigenvalue weighted by Gasteiger charge is -2.33. The summed E-state index contributed by atoms with van der Waals surface area (Å²) in [6.07, 6.45) is 1.51. The number of nitrogens with zero attached hydrogens (tertiary/aromatic N) is 2. The molecule has 1 aliphatic rings. The fraction of sp³-hybridized carbons (Fsp3) is 0.556. The number of hydrogen-bond acceptors (Lipinski definition) is 2. The fourth-order valence-electron chi connectivity index (χ4n) is 3.05. The highest BCUT2D eigenvalue weighted by Crippen LogP contribution is 2.22. The van der Waals surface area contributed by atoms with E-state index in [0.717, 1.165) is 23.9 Å². The van der Waals surface area contributed by atoms with Crippen LogP contribution in [-0.2, 0) is 4.79 Å². The van der Waals surface area contributed by atoms with Crippen molar-refractivity contribution in [2.75, 3.05) is 26.7 Å². The minimum absolute atomic E-state index is 0.0488. The van der Waals surface area contributed by atoms with Crippen LogP contribution < -0.4 is 0 Å². The number of carbonyl (C=O) groups is 2. The number of halogens is 1. The molecule has 5 heteroatoms. The van der Waals surface area contributed by atoms with Crippen molar-refractivity contribution in [1.82, 2.24) is 9.80 Å². The molecule has 1 fully saturated rings. The molecule has 0 unspecified atom stereocenters. The van der Waals surface area contributed by atoms with Crippen LogP contribution in [0.1, 0.15) is 37.0 Å². The van der Waals surface area contributed by atoms with E-state index in [1.165, 1.54) is 0 Å². The van der Waals surface area contributed by atoms with E-state index in [1.54, 1.807) is 0 Å². The molecule has 1 aliphatic heterocycles. The highest BCUT2D eigenvalue weighted by molar-refractivity contribution is 9.10. The van der Waals surface area contributed by atoms with E-state index in [2.05, 4.69) is 29.8 Å². The molecule has 2 amide bonds. The number of hydrogen-bond donors (Lipinski definition) is 0. The Hall–Kier alpha value is -1.36. The third-order valence-electron chi connectivity index (χ3n) is 4.24. The van der Waals surface area contributed by atoms with Crippen molar-refractivity contribution in [3.05, 3.63) is 34.3 Å². The Bertz CT molecular complexity index is 549. The first kappa shape index (κ1) is 18.0. The number of piperidine rings is 1. The van der Waals surface area contributed by atoms with Crippen LogP contribution in [0.3, 0.4) is 0 Å². The molecule has 0 atom stereocenters. The second-order valence-corrected chi connectivity index (χ2v) is 7.60. The second-order valence-electron chi connectivity index (χ2n) is 6.69. The fourth-order valence-corrected chi connectivity index (χ4v) is 3.32. The van der Waals surface area contributed by atoms with Gasteiger partial charge >= 0.3 is 0 Å². The van der Waals surface area contributed by atoms with E-state index < -0.39 is 0 Å². The summed E-state index contributed by atoms with van der Waals surface area (Å²) in [5, 5.41) is 0. The zero-order valence-corrected chi connectivity index (χ0v) is 15.7. The standard InChI is InChI=1S/C18H25BrN2O2/c1-13(2)12-20(3)17(22)15-8-10-21(11-9-15)18(23)14-4-6-16(19)7-5-14/h4-7,13,15H,8-12H2,1-3H3. The van der Waals surface area contributed by atoms with E-state index in [9.17, 15) is 9.59 Å². The van der Waals surface area contributed by atoms with Gasteiger partial charge in [-0.2, -0.15) is 0 Å². The Morgan fingerprint density at radius 1 is 1.22 bits per heavy atom. The quantitative estimate of drug-likeness (QED) is 0.802. The van der Waals surface area contributed by atoms with E-state index in [4.69, 9.17) is 0 Å². The third-order valence-corrected chi connectivity index (χ3v) is 4.77. The van der Waals surface area contributed by atoms with Gasteiger partial charge < -0.3 is 9.80 Å². The summed E-state index contributed by atoms with van der Waals surface area (Å²) in [6.45, 7) is 6.32. The molecule has 1 saturated heterocycles. The minimum atomic E-state index is 0.0488. The topological polar surface area (TPSA) is 40.6 Å². The summed E-state index contributed by atoms with van der Waals surface area (Å²) in [6, 6.07) is 7.43. The van der Waals surface area contributed by atoms with Crippen molar-refractivity contribution in [2.24, 2.45) is 11.8 Å². The van der Waals surface area contributed by atoms with Gasteiger partial charge in [-0.25, -0.2) is 0 Å². The van der Waals surface area contributed by atoms with Crippen molar-refractivity contribution < 1.29 is 9.59 Å². The van der Waals surface area contributed by atoms with Crippen molar-refractivity contribution in [2.45, 2.75) is 26.7 Å². The maximum Gasteiger partial charge on any atom is 0.253 e. The Morgan fingerprint density at radius 3 is 2.30 bits per heavy atom. The summed E-state index contributed by atoms with van der Waals surface area (Å²) in [4.78, 5) is 28.6. The molecule has 1 aromatic rings.